The van der Waals surface area contributed by atoms with Gasteiger partial charge in [-0.3, -0.25) is 9.59 Å². The van der Waals surface area contributed by atoms with Crippen LogP contribution in [0.3, 0.4) is 0 Å². The molecular weight excluding hydrogens is 492 g/mol. The van der Waals surface area contributed by atoms with Gasteiger partial charge in [0.2, 0.25) is 11.8 Å². The van der Waals surface area contributed by atoms with E-state index >= 15 is 0 Å². The van der Waals surface area contributed by atoms with Crippen molar-refractivity contribution in [3.63, 3.8) is 0 Å². The van der Waals surface area contributed by atoms with Crippen LogP contribution in [0.25, 0.3) is 0 Å². The van der Waals surface area contributed by atoms with Gasteiger partial charge in [0.05, 0.1) is 6.54 Å². The maximum absolute atomic E-state index is 13.8. The van der Waals surface area contributed by atoms with Gasteiger partial charge in [-0.05, 0) is 42.3 Å². The molecule has 216 valence electrons. The van der Waals surface area contributed by atoms with Gasteiger partial charge in [-0.15, -0.1) is 0 Å². The van der Waals surface area contributed by atoms with Crippen LogP contribution in [0.4, 0.5) is 4.79 Å². The van der Waals surface area contributed by atoms with E-state index in [1.807, 2.05) is 74.2 Å². The highest BCUT2D eigenvalue weighted by Gasteiger charge is 2.40. The van der Waals surface area contributed by atoms with Gasteiger partial charge in [0.25, 0.3) is 0 Å². The largest absolute Gasteiger partial charge is 0.445 e. The Kier molecular flexibility index (Phi) is 10.9. The van der Waals surface area contributed by atoms with E-state index in [1.165, 1.54) is 0 Å². The number of nitrogens with zero attached hydrogens (tertiary/aromatic N) is 2. The monoisotopic (exact) mass is 540 g/mol. The lowest BCUT2D eigenvalue weighted by Gasteiger charge is -2.37. The standard InChI is InChI=1S/C31H44N4O4.2H2/c1-23(25-15-10-7-11-16-25)20-34(30(38)39-22-24-13-8-6-9-14-24)21-26-17-12-18-35(26)29(37)28(31(2,3)4)33-27(36)19-32-5;;/h6-11,13-16,23,26,28,32H,12,17-22H2,1-5H3,(H,33,36);2*1H/t23-,26+,28-;;/m1../s1. The van der Waals surface area contributed by atoms with Crippen molar-refractivity contribution in [2.24, 2.45) is 5.41 Å². The number of carbonyl (C=O) groups is 3. The van der Waals surface area contributed by atoms with Crippen molar-refractivity contribution >= 4 is 17.9 Å². The Morgan fingerprint density at radius 3 is 2.33 bits per heavy atom. The highest BCUT2D eigenvalue weighted by atomic mass is 16.6. The van der Waals surface area contributed by atoms with Gasteiger partial charge in [-0.2, -0.15) is 0 Å². The number of likely N-dealkylation sites (tertiary alicyclic amines) is 1. The topological polar surface area (TPSA) is 91.0 Å². The Bertz CT molecular complexity index is 1080. The van der Waals surface area contributed by atoms with Crippen molar-refractivity contribution in [3.05, 3.63) is 71.8 Å². The second kappa shape index (κ2) is 14.1. The smallest absolute Gasteiger partial charge is 0.410 e. The highest BCUT2D eigenvalue weighted by molar-refractivity contribution is 5.89. The number of rotatable bonds is 11. The van der Waals surface area contributed by atoms with E-state index in [-0.39, 0.29) is 39.8 Å². The predicted octanol–water partition coefficient (Wildman–Crippen LogP) is 4.66. The Morgan fingerprint density at radius 1 is 1.08 bits per heavy atom. The van der Waals surface area contributed by atoms with E-state index in [2.05, 4.69) is 29.7 Å². The third-order valence-corrected chi connectivity index (χ3v) is 7.17. The fourth-order valence-electron chi connectivity index (χ4n) is 5.01. The summed E-state index contributed by atoms with van der Waals surface area (Å²) >= 11 is 0. The van der Waals surface area contributed by atoms with Crippen molar-refractivity contribution < 1.29 is 22.0 Å². The second-order valence-electron chi connectivity index (χ2n) is 11.5. The minimum Gasteiger partial charge on any atom is -0.445 e. The number of carbonyl (C=O) groups excluding carboxylic acids is 3. The molecule has 0 saturated carbocycles. The van der Waals surface area contributed by atoms with Gasteiger partial charge in [-0.1, -0.05) is 88.4 Å². The molecule has 1 aliphatic rings. The molecule has 0 radical (unpaired) electrons. The van der Waals surface area contributed by atoms with Crippen LogP contribution in [-0.4, -0.2) is 73.0 Å². The van der Waals surface area contributed by atoms with E-state index in [9.17, 15) is 14.4 Å². The van der Waals surface area contributed by atoms with E-state index in [4.69, 9.17) is 4.74 Å². The van der Waals surface area contributed by atoms with Crippen LogP contribution < -0.4 is 10.6 Å². The molecule has 3 atom stereocenters. The number of ether oxygens (including phenoxy) is 1. The average Bonchev–Trinajstić information content (AvgIpc) is 3.38. The number of hydrogen-bond acceptors (Lipinski definition) is 5. The SMILES string of the molecule is CNCC(=O)N[C@H](C(=O)N1CCC[C@H]1CN(C[C@@H](C)c1ccccc1)C(=O)OCc1ccccc1)C(C)(C)C.[HH].[HH]. The molecule has 3 amide bonds. The number of nitrogens with one attached hydrogen (secondary N) is 2. The first kappa shape index (κ1) is 30.2. The molecule has 0 bridgehead atoms. The van der Waals surface area contributed by atoms with Gasteiger partial charge in [0, 0.05) is 28.5 Å². The minimum absolute atomic E-state index is 0. The zero-order valence-electron chi connectivity index (χ0n) is 24.0. The molecule has 1 heterocycles. The molecule has 39 heavy (non-hydrogen) atoms. The van der Waals surface area contributed by atoms with Gasteiger partial charge in [0.1, 0.15) is 12.6 Å². The Balaban J connectivity index is 0.00000420. The summed E-state index contributed by atoms with van der Waals surface area (Å²) in [4.78, 5) is 43.2. The van der Waals surface area contributed by atoms with Crippen molar-refractivity contribution in [2.45, 2.75) is 65.1 Å². The van der Waals surface area contributed by atoms with Crippen LogP contribution in [0.1, 0.15) is 60.4 Å². The molecule has 1 fully saturated rings. The summed E-state index contributed by atoms with van der Waals surface area (Å²) in [7, 11) is 1.70. The normalized spacial score (nSPS) is 16.8. The second-order valence-corrected chi connectivity index (χ2v) is 11.5. The number of hydrogen-bond donors (Lipinski definition) is 2. The van der Waals surface area contributed by atoms with Gasteiger partial charge >= 0.3 is 6.09 Å². The lowest BCUT2D eigenvalue weighted by Crippen LogP contribution is -2.58. The summed E-state index contributed by atoms with van der Waals surface area (Å²) in [5.41, 5.74) is 1.59. The summed E-state index contributed by atoms with van der Waals surface area (Å²) in [5, 5.41) is 5.77. The lowest BCUT2D eigenvalue weighted by molar-refractivity contribution is -0.140. The summed E-state index contributed by atoms with van der Waals surface area (Å²) in [5.74, 6) is -0.239. The third kappa shape index (κ3) is 8.82. The Hall–Kier alpha value is -3.39. The third-order valence-electron chi connectivity index (χ3n) is 7.17. The van der Waals surface area contributed by atoms with Crippen LogP contribution >= 0.6 is 0 Å². The fraction of sp³-hybridized carbons (Fsp3) is 0.516. The van der Waals surface area contributed by atoms with Crippen LogP contribution in [0.2, 0.25) is 0 Å². The van der Waals surface area contributed by atoms with Gasteiger partial charge in [-0.25, -0.2) is 4.79 Å². The van der Waals surface area contributed by atoms with E-state index < -0.39 is 17.6 Å². The van der Waals surface area contributed by atoms with Crippen LogP contribution in [0.5, 0.6) is 0 Å². The van der Waals surface area contributed by atoms with Crippen molar-refractivity contribution in [1.82, 2.24) is 20.4 Å². The highest BCUT2D eigenvalue weighted by Crippen LogP contribution is 2.27. The molecular formula is C31H48N4O4. The van der Waals surface area contributed by atoms with Crippen LogP contribution in [0, 0.1) is 5.41 Å². The van der Waals surface area contributed by atoms with Crippen molar-refractivity contribution in [2.75, 3.05) is 33.2 Å². The molecule has 0 aliphatic carbocycles. The summed E-state index contributed by atoms with van der Waals surface area (Å²) in [6.45, 7) is 9.72. The van der Waals surface area contributed by atoms with Crippen LogP contribution in [-0.2, 0) is 20.9 Å². The van der Waals surface area contributed by atoms with E-state index in [0.717, 1.165) is 24.0 Å². The van der Waals surface area contributed by atoms with Crippen molar-refractivity contribution in [1.29, 1.82) is 0 Å². The summed E-state index contributed by atoms with van der Waals surface area (Å²) in [6.07, 6.45) is 1.24. The average molecular weight is 541 g/mol. The lowest BCUT2D eigenvalue weighted by atomic mass is 9.85. The molecule has 8 heteroatoms. The minimum atomic E-state index is -0.666. The molecule has 8 nitrogen and oxygen atoms in total. The fourth-order valence-corrected chi connectivity index (χ4v) is 5.01. The quantitative estimate of drug-likeness (QED) is 0.433. The molecule has 0 spiro atoms. The number of likely N-dealkylation sites (N-methyl/N-ethyl adjacent to an activating group) is 1. The molecule has 1 saturated heterocycles. The number of benzene rings is 2. The first-order valence-electron chi connectivity index (χ1n) is 13.8. The first-order valence-corrected chi connectivity index (χ1v) is 13.8. The molecule has 1 aliphatic heterocycles. The molecule has 2 aromatic rings. The molecule has 3 rings (SSSR count). The number of amides is 3. The molecule has 0 aromatic heterocycles. The zero-order chi connectivity index (χ0) is 28.4. The first-order chi connectivity index (χ1) is 18.6. The van der Waals surface area contributed by atoms with Crippen molar-refractivity contribution in [3.8, 4) is 0 Å². The molecule has 2 aromatic carbocycles. The summed E-state index contributed by atoms with van der Waals surface area (Å²) in [6, 6.07) is 18.9. The van der Waals surface area contributed by atoms with Gasteiger partial charge < -0.3 is 25.2 Å². The maximum atomic E-state index is 13.8. The Morgan fingerprint density at radius 2 is 1.72 bits per heavy atom. The molecule has 2 N–H and O–H groups in total. The van der Waals surface area contributed by atoms with Crippen LogP contribution in [0.15, 0.2) is 60.7 Å². The molecule has 0 unspecified atom stereocenters. The Labute approximate surface area is 236 Å². The van der Waals surface area contributed by atoms with E-state index in [1.54, 1.807) is 11.9 Å². The summed E-state index contributed by atoms with van der Waals surface area (Å²) < 4.78 is 5.73. The zero-order valence-corrected chi connectivity index (χ0v) is 24.0. The van der Waals surface area contributed by atoms with E-state index in [0.29, 0.717) is 19.6 Å². The van der Waals surface area contributed by atoms with Gasteiger partial charge in [0.15, 0.2) is 0 Å². The predicted molar refractivity (Wildman–Crippen MR) is 157 cm³/mol. The maximum Gasteiger partial charge on any atom is 0.410 e.